The van der Waals surface area contributed by atoms with Crippen molar-refractivity contribution in [2.45, 2.75) is 24.9 Å². The second-order valence-electron chi connectivity index (χ2n) is 8.33. The zero-order chi connectivity index (χ0) is 23.0. The maximum atomic E-state index is 13.2. The highest BCUT2D eigenvalue weighted by Gasteiger charge is 2.48. The summed E-state index contributed by atoms with van der Waals surface area (Å²) in [7, 11) is 0. The van der Waals surface area contributed by atoms with Gasteiger partial charge in [-0.2, -0.15) is 0 Å². The van der Waals surface area contributed by atoms with Gasteiger partial charge in [0.05, 0.1) is 23.5 Å². The highest BCUT2D eigenvalue weighted by atomic mass is 16.4. The van der Waals surface area contributed by atoms with Gasteiger partial charge >= 0.3 is 6.09 Å². The van der Waals surface area contributed by atoms with E-state index in [0.717, 1.165) is 0 Å². The SMILES string of the molecule is O=C(CN1c2nc(-c3ccncn3)cc(=O)n2CCC12CCN(C(=O)O)C2)c1ccccc1. The number of hydrogen-bond donors (Lipinski definition) is 1. The van der Waals surface area contributed by atoms with E-state index in [4.69, 9.17) is 4.98 Å². The number of carboxylic acid groups (broad SMARTS) is 1. The van der Waals surface area contributed by atoms with Crippen molar-refractivity contribution in [1.29, 1.82) is 0 Å². The van der Waals surface area contributed by atoms with E-state index < -0.39 is 11.6 Å². The number of likely N-dealkylation sites (tertiary alicyclic amines) is 1. The van der Waals surface area contributed by atoms with Gasteiger partial charge in [-0.3, -0.25) is 14.2 Å². The third-order valence-corrected chi connectivity index (χ3v) is 6.45. The monoisotopic (exact) mass is 446 g/mol. The normalized spacial score (nSPS) is 19.5. The summed E-state index contributed by atoms with van der Waals surface area (Å²) >= 11 is 0. The Bertz CT molecular complexity index is 1260. The summed E-state index contributed by atoms with van der Waals surface area (Å²) in [5.41, 5.74) is 0.571. The molecule has 0 saturated carbocycles. The predicted octanol–water partition coefficient (Wildman–Crippen LogP) is 1.92. The van der Waals surface area contributed by atoms with Crippen molar-refractivity contribution < 1.29 is 14.7 Å². The van der Waals surface area contributed by atoms with Gasteiger partial charge in [-0.1, -0.05) is 30.3 Å². The molecule has 2 aliphatic heterocycles. The van der Waals surface area contributed by atoms with Crippen LogP contribution in [0.2, 0.25) is 0 Å². The number of anilines is 1. The Kier molecular flexibility index (Phi) is 5.12. The fourth-order valence-electron chi connectivity index (χ4n) is 4.69. The first-order valence-electron chi connectivity index (χ1n) is 10.7. The van der Waals surface area contributed by atoms with Gasteiger partial charge in [0.2, 0.25) is 5.95 Å². The van der Waals surface area contributed by atoms with E-state index in [0.29, 0.717) is 48.8 Å². The number of carbonyl (C=O) groups excluding carboxylic acids is 1. The van der Waals surface area contributed by atoms with E-state index in [1.165, 1.54) is 17.3 Å². The first kappa shape index (κ1) is 20.8. The highest BCUT2D eigenvalue weighted by molar-refractivity contribution is 5.99. The van der Waals surface area contributed by atoms with E-state index in [1.807, 2.05) is 11.0 Å². The number of nitrogens with zero attached hydrogens (tertiary/aromatic N) is 6. The Morgan fingerprint density at radius 1 is 1.06 bits per heavy atom. The minimum absolute atomic E-state index is 0.0167. The number of rotatable bonds is 4. The van der Waals surface area contributed by atoms with Crippen molar-refractivity contribution in [2.24, 2.45) is 0 Å². The zero-order valence-electron chi connectivity index (χ0n) is 17.8. The summed E-state index contributed by atoms with van der Waals surface area (Å²) in [4.78, 5) is 53.9. The van der Waals surface area contributed by atoms with E-state index in [9.17, 15) is 19.5 Å². The predicted molar refractivity (Wildman–Crippen MR) is 119 cm³/mol. The standard InChI is InChI=1S/C23H22N6O4/c30-19(16-4-2-1-3-5-16)13-29-21-26-18(17-6-9-24-15-25-17)12-20(31)28(21)11-8-23(29)7-10-27(14-23)22(32)33/h1-6,9,12,15H,7-8,10-11,13-14H2,(H,32,33). The Labute approximate surface area is 189 Å². The first-order chi connectivity index (χ1) is 16.0. The van der Waals surface area contributed by atoms with Crippen LogP contribution >= 0.6 is 0 Å². The van der Waals surface area contributed by atoms with Gasteiger partial charge in [0.25, 0.3) is 5.56 Å². The molecule has 1 amide bonds. The first-order valence-corrected chi connectivity index (χ1v) is 10.7. The summed E-state index contributed by atoms with van der Waals surface area (Å²) < 4.78 is 1.55. The maximum absolute atomic E-state index is 13.2. The van der Waals surface area contributed by atoms with Crippen molar-refractivity contribution in [1.82, 2.24) is 24.4 Å². The van der Waals surface area contributed by atoms with Gasteiger partial charge in [0, 0.05) is 37.5 Å². The number of ketones is 1. The molecule has 0 radical (unpaired) electrons. The van der Waals surface area contributed by atoms with Crippen LogP contribution in [0.15, 0.2) is 59.8 Å². The number of aromatic nitrogens is 4. The molecule has 168 valence electrons. The molecular weight excluding hydrogens is 424 g/mol. The summed E-state index contributed by atoms with van der Waals surface area (Å²) in [6.07, 6.45) is 3.05. The molecule has 3 aromatic rings. The van der Waals surface area contributed by atoms with Crippen LogP contribution in [0, 0.1) is 0 Å². The van der Waals surface area contributed by atoms with Crippen LogP contribution in [0.5, 0.6) is 0 Å². The van der Waals surface area contributed by atoms with E-state index in [1.54, 1.807) is 41.1 Å². The second-order valence-corrected chi connectivity index (χ2v) is 8.33. The maximum Gasteiger partial charge on any atom is 0.407 e. The van der Waals surface area contributed by atoms with Crippen LogP contribution < -0.4 is 10.5 Å². The number of Topliss-reactive ketones (excluding diaryl/α,β-unsaturated/α-hetero) is 1. The minimum atomic E-state index is -0.994. The Hall–Kier alpha value is -4.08. The third-order valence-electron chi connectivity index (χ3n) is 6.45. The number of hydrogen-bond acceptors (Lipinski definition) is 7. The minimum Gasteiger partial charge on any atom is -0.465 e. The number of amides is 1. The van der Waals surface area contributed by atoms with Crippen LogP contribution in [0.1, 0.15) is 23.2 Å². The molecule has 1 fully saturated rings. The molecule has 4 heterocycles. The molecule has 1 N–H and O–H groups in total. The molecule has 2 aliphatic rings. The number of fused-ring (bicyclic) bond motifs is 1. The van der Waals surface area contributed by atoms with Gasteiger partial charge in [0.15, 0.2) is 5.78 Å². The molecule has 0 aliphatic carbocycles. The quantitative estimate of drug-likeness (QED) is 0.603. The average Bonchev–Trinajstić information content (AvgIpc) is 3.27. The lowest BCUT2D eigenvalue weighted by Gasteiger charge is -2.45. The van der Waals surface area contributed by atoms with Gasteiger partial charge in [-0.05, 0) is 18.9 Å². The fourth-order valence-corrected chi connectivity index (χ4v) is 4.69. The largest absolute Gasteiger partial charge is 0.465 e. The van der Waals surface area contributed by atoms with Gasteiger partial charge in [-0.15, -0.1) is 0 Å². The zero-order valence-corrected chi connectivity index (χ0v) is 17.8. The van der Waals surface area contributed by atoms with Crippen molar-refractivity contribution in [2.75, 3.05) is 24.5 Å². The molecule has 10 nitrogen and oxygen atoms in total. The summed E-state index contributed by atoms with van der Waals surface area (Å²) in [5, 5.41) is 9.56. The summed E-state index contributed by atoms with van der Waals surface area (Å²) in [6.45, 7) is 0.991. The van der Waals surface area contributed by atoms with Crippen molar-refractivity contribution in [3.05, 3.63) is 70.9 Å². The molecule has 10 heteroatoms. The van der Waals surface area contributed by atoms with E-state index >= 15 is 0 Å². The molecule has 2 aromatic heterocycles. The fraction of sp³-hybridized carbons (Fsp3) is 0.304. The van der Waals surface area contributed by atoms with Crippen LogP contribution in [0.4, 0.5) is 10.7 Å². The lowest BCUT2D eigenvalue weighted by atomic mass is 9.89. The van der Waals surface area contributed by atoms with Crippen LogP contribution in [-0.4, -0.2) is 66.6 Å². The molecular formula is C23H22N6O4. The van der Waals surface area contributed by atoms with Crippen molar-refractivity contribution in [3.8, 4) is 11.4 Å². The van der Waals surface area contributed by atoms with E-state index in [2.05, 4.69) is 9.97 Å². The summed E-state index contributed by atoms with van der Waals surface area (Å²) in [6, 6.07) is 12.0. The molecule has 1 aromatic carbocycles. The Morgan fingerprint density at radius 2 is 1.85 bits per heavy atom. The molecule has 5 rings (SSSR count). The highest BCUT2D eigenvalue weighted by Crippen LogP contribution is 2.38. The lowest BCUT2D eigenvalue weighted by molar-refractivity contribution is 0.0986. The Morgan fingerprint density at radius 3 is 2.55 bits per heavy atom. The van der Waals surface area contributed by atoms with Gasteiger partial charge in [0.1, 0.15) is 6.33 Å². The molecule has 1 atom stereocenters. The molecule has 1 unspecified atom stereocenters. The summed E-state index contributed by atoms with van der Waals surface area (Å²) in [5.74, 6) is 0.234. The third kappa shape index (κ3) is 3.73. The smallest absolute Gasteiger partial charge is 0.407 e. The van der Waals surface area contributed by atoms with E-state index in [-0.39, 0.29) is 24.4 Å². The van der Waals surface area contributed by atoms with Crippen molar-refractivity contribution >= 4 is 17.8 Å². The van der Waals surface area contributed by atoms with Crippen LogP contribution in [-0.2, 0) is 6.54 Å². The van der Waals surface area contributed by atoms with Crippen LogP contribution in [0.3, 0.4) is 0 Å². The second kappa shape index (κ2) is 8.12. The van der Waals surface area contributed by atoms with Crippen LogP contribution in [0.25, 0.3) is 11.4 Å². The lowest BCUT2D eigenvalue weighted by Crippen LogP contribution is -2.58. The molecule has 33 heavy (non-hydrogen) atoms. The molecule has 1 saturated heterocycles. The average molecular weight is 446 g/mol. The number of carbonyl (C=O) groups is 2. The number of benzene rings is 1. The van der Waals surface area contributed by atoms with Gasteiger partial charge < -0.3 is 14.9 Å². The van der Waals surface area contributed by atoms with Crippen molar-refractivity contribution in [3.63, 3.8) is 0 Å². The Balaban J connectivity index is 1.61. The molecule has 0 bridgehead atoms. The molecule has 1 spiro atoms. The topological polar surface area (TPSA) is 122 Å². The van der Waals surface area contributed by atoms with Gasteiger partial charge in [-0.25, -0.2) is 19.7 Å².